The first-order valence-electron chi connectivity index (χ1n) is 14.6. The van der Waals surface area contributed by atoms with Gasteiger partial charge in [0.25, 0.3) is 0 Å². The van der Waals surface area contributed by atoms with Crippen LogP contribution in [-0.4, -0.2) is 21.5 Å². The van der Waals surface area contributed by atoms with Crippen molar-refractivity contribution in [1.29, 1.82) is 0 Å². The first-order chi connectivity index (χ1) is 18.0. The molecular formula is C33H44N4. The third kappa shape index (κ3) is 6.00. The highest BCUT2D eigenvalue weighted by molar-refractivity contribution is 5.57. The lowest BCUT2D eigenvalue weighted by atomic mass is 9.77. The normalized spacial score (nSPS) is 20.6. The summed E-state index contributed by atoms with van der Waals surface area (Å²) in [6, 6.07) is 15.9. The van der Waals surface area contributed by atoms with Crippen LogP contribution in [0.3, 0.4) is 0 Å². The minimum atomic E-state index is 0.596. The van der Waals surface area contributed by atoms with Gasteiger partial charge in [0, 0.05) is 17.9 Å². The molecule has 2 aliphatic carbocycles. The number of anilines is 1. The Morgan fingerprint density at radius 3 is 2.43 bits per heavy atom. The largest absolute Gasteiger partial charge is 0.345 e. The zero-order chi connectivity index (χ0) is 25.8. The van der Waals surface area contributed by atoms with Crippen LogP contribution >= 0.6 is 0 Å². The second kappa shape index (κ2) is 11.7. The van der Waals surface area contributed by atoms with Gasteiger partial charge in [0.1, 0.15) is 0 Å². The third-order valence-electron chi connectivity index (χ3n) is 8.91. The van der Waals surface area contributed by atoms with Gasteiger partial charge in [0.2, 0.25) is 0 Å². The summed E-state index contributed by atoms with van der Waals surface area (Å²) in [5.74, 6) is 1.99. The number of hydrogen-bond acceptors (Lipinski definition) is 3. The Hall–Kier alpha value is -2.88. The number of aryl methyl sites for hydroxylation is 3. The van der Waals surface area contributed by atoms with Gasteiger partial charge in [-0.05, 0) is 111 Å². The average Bonchev–Trinajstić information content (AvgIpc) is 3.38. The molecule has 2 aromatic carbocycles. The van der Waals surface area contributed by atoms with Crippen LogP contribution in [0, 0.1) is 25.7 Å². The smallest absolute Gasteiger partial charge is 0.0877 e. The Labute approximate surface area is 223 Å². The van der Waals surface area contributed by atoms with Crippen molar-refractivity contribution in [2.45, 2.75) is 90.9 Å². The van der Waals surface area contributed by atoms with Gasteiger partial charge in [-0.2, -0.15) is 15.0 Å². The van der Waals surface area contributed by atoms with E-state index in [1.807, 2.05) is 13.1 Å². The SMILES string of the molecule is C=C(C1CCCCC1)N(CC1CCC(c2ccc(CC)c(C)c2)CC1)c1cccc(-n2ncc(C)n2)c1. The molecule has 4 nitrogen and oxygen atoms in total. The summed E-state index contributed by atoms with van der Waals surface area (Å²) in [5.41, 5.74) is 8.99. The van der Waals surface area contributed by atoms with Crippen LogP contribution in [0.2, 0.25) is 0 Å². The fourth-order valence-corrected chi connectivity index (χ4v) is 6.60. The Kier molecular flexibility index (Phi) is 8.12. The van der Waals surface area contributed by atoms with E-state index in [9.17, 15) is 0 Å². The van der Waals surface area contributed by atoms with Crippen LogP contribution in [0.4, 0.5) is 5.69 Å². The van der Waals surface area contributed by atoms with E-state index >= 15 is 0 Å². The van der Waals surface area contributed by atoms with Crippen LogP contribution in [0.5, 0.6) is 0 Å². The molecule has 3 aromatic rings. The van der Waals surface area contributed by atoms with Gasteiger partial charge in [-0.15, -0.1) is 0 Å². The van der Waals surface area contributed by atoms with Crippen molar-refractivity contribution >= 4 is 5.69 Å². The van der Waals surface area contributed by atoms with Gasteiger partial charge in [0.15, 0.2) is 0 Å². The molecular weight excluding hydrogens is 452 g/mol. The van der Waals surface area contributed by atoms with Gasteiger partial charge in [-0.3, -0.25) is 0 Å². The Morgan fingerprint density at radius 1 is 0.973 bits per heavy atom. The summed E-state index contributed by atoms with van der Waals surface area (Å²) < 4.78 is 0. The van der Waals surface area contributed by atoms with Crippen molar-refractivity contribution in [2.24, 2.45) is 11.8 Å². The Balaban J connectivity index is 1.32. The van der Waals surface area contributed by atoms with Crippen molar-refractivity contribution in [3.63, 3.8) is 0 Å². The number of aromatic nitrogens is 3. The molecule has 0 spiro atoms. The highest BCUT2D eigenvalue weighted by Gasteiger charge is 2.28. The zero-order valence-electron chi connectivity index (χ0n) is 23.1. The summed E-state index contributed by atoms with van der Waals surface area (Å²) in [4.78, 5) is 4.30. The van der Waals surface area contributed by atoms with Crippen LogP contribution in [0.1, 0.15) is 93.0 Å². The first-order valence-corrected chi connectivity index (χ1v) is 14.6. The fourth-order valence-electron chi connectivity index (χ4n) is 6.60. The molecule has 0 bridgehead atoms. The minimum absolute atomic E-state index is 0.596. The molecule has 2 aliphatic rings. The second-order valence-corrected chi connectivity index (χ2v) is 11.5. The van der Waals surface area contributed by atoms with Crippen molar-refractivity contribution in [3.05, 3.63) is 83.3 Å². The van der Waals surface area contributed by atoms with E-state index in [0.717, 1.165) is 24.3 Å². The predicted octanol–water partition coefficient (Wildman–Crippen LogP) is 8.32. The highest BCUT2D eigenvalue weighted by Crippen LogP contribution is 2.39. The molecule has 0 unspecified atom stereocenters. The molecule has 0 atom stereocenters. The van der Waals surface area contributed by atoms with Crippen LogP contribution < -0.4 is 4.90 Å². The molecule has 2 saturated carbocycles. The van der Waals surface area contributed by atoms with Crippen molar-refractivity contribution in [2.75, 3.05) is 11.4 Å². The van der Waals surface area contributed by atoms with E-state index in [-0.39, 0.29) is 0 Å². The molecule has 37 heavy (non-hydrogen) atoms. The zero-order valence-corrected chi connectivity index (χ0v) is 23.1. The molecule has 0 amide bonds. The van der Waals surface area contributed by atoms with Crippen molar-refractivity contribution < 1.29 is 0 Å². The van der Waals surface area contributed by atoms with E-state index in [0.29, 0.717) is 17.8 Å². The summed E-state index contributed by atoms with van der Waals surface area (Å²) in [6.45, 7) is 12.3. The van der Waals surface area contributed by atoms with Gasteiger partial charge in [-0.1, -0.05) is 57.0 Å². The van der Waals surface area contributed by atoms with Crippen LogP contribution in [-0.2, 0) is 6.42 Å². The number of benzene rings is 2. The van der Waals surface area contributed by atoms with E-state index in [4.69, 9.17) is 6.58 Å². The topological polar surface area (TPSA) is 34.0 Å². The molecule has 2 fully saturated rings. The van der Waals surface area contributed by atoms with Crippen molar-refractivity contribution in [3.8, 4) is 5.69 Å². The summed E-state index contributed by atoms with van der Waals surface area (Å²) in [7, 11) is 0. The molecule has 0 N–H and O–H groups in total. The monoisotopic (exact) mass is 496 g/mol. The lowest BCUT2D eigenvalue weighted by Gasteiger charge is -2.38. The number of rotatable bonds is 8. The molecule has 196 valence electrons. The maximum Gasteiger partial charge on any atom is 0.0877 e. The van der Waals surface area contributed by atoms with Crippen LogP contribution in [0.25, 0.3) is 5.69 Å². The Morgan fingerprint density at radius 2 is 1.76 bits per heavy atom. The fraction of sp³-hybridized carbons (Fsp3) is 0.515. The molecule has 1 heterocycles. The maximum atomic E-state index is 4.70. The van der Waals surface area contributed by atoms with Gasteiger partial charge >= 0.3 is 0 Å². The molecule has 5 rings (SSSR count). The van der Waals surface area contributed by atoms with Crippen molar-refractivity contribution in [1.82, 2.24) is 15.0 Å². The number of hydrogen-bond donors (Lipinski definition) is 0. The highest BCUT2D eigenvalue weighted by atomic mass is 15.5. The van der Waals surface area contributed by atoms with Gasteiger partial charge in [0.05, 0.1) is 17.6 Å². The lowest BCUT2D eigenvalue weighted by Crippen LogP contribution is -2.34. The summed E-state index contributed by atoms with van der Waals surface area (Å²) in [6.07, 6.45) is 14.7. The number of nitrogens with zero attached hydrogens (tertiary/aromatic N) is 4. The molecule has 1 aromatic heterocycles. The lowest BCUT2D eigenvalue weighted by molar-refractivity contribution is 0.323. The predicted molar refractivity (Wildman–Crippen MR) is 154 cm³/mol. The van der Waals surface area contributed by atoms with E-state index < -0.39 is 0 Å². The first kappa shape index (κ1) is 25.8. The third-order valence-corrected chi connectivity index (χ3v) is 8.91. The summed E-state index contributed by atoms with van der Waals surface area (Å²) >= 11 is 0. The van der Waals surface area contributed by atoms with E-state index in [1.54, 1.807) is 10.4 Å². The molecule has 4 heteroatoms. The molecule has 0 saturated heterocycles. The minimum Gasteiger partial charge on any atom is -0.345 e. The average molecular weight is 497 g/mol. The van der Waals surface area contributed by atoms with Gasteiger partial charge in [-0.25, -0.2) is 0 Å². The van der Waals surface area contributed by atoms with Gasteiger partial charge < -0.3 is 4.90 Å². The quantitative estimate of drug-likeness (QED) is 0.314. The number of allylic oxidation sites excluding steroid dienone is 1. The second-order valence-electron chi connectivity index (χ2n) is 11.5. The van der Waals surface area contributed by atoms with E-state index in [1.165, 1.54) is 80.3 Å². The Bertz CT molecular complexity index is 1190. The van der Waals surface area contributed by atoms with E-state index in [2.05, 4.69) is 71.4 Å². The molecule has 0 aliphatic heterocycles. The summed E-state index contributed by atoms with van der Waals surface area (Å²) in [5, 5.41) is 9.01. The standard InChI is InChI=1S/C33H44N4/c1-5-28-18-19-31(20-24(28)2)30-16-14-27(15-17-30)23-36(26(4)29-10-7-6-8-11-29)32-12-9-13-33(21-32)37-34-22-25(3)35-37/h9,12-13,18-22,27,29-30H,4-8,10-11,14-17,23H2,1-3H3. The molecule has 0 radical (unpaired) electrons. The maximum absolute atomic E-state index is 4.70. The van der Waals surface area contributed by atoms with Crippen LogP contribution in [0.15, 0.2) is 60.9 Å².